The van der Waals surface area contributed by atoms with Crippen LogP contribution in [-0.2, 0) is 0 Å². The lowest BCUT2D eigenvalue weighted by Gasteiger charge is -2.36. The number of carbonyl (C=O) groups excluding carboxylic acids is 1. The topological polar surface area (TPSA) is 41.4 Å². The normalized spacial score (nSPS) is 13.8. The van der Waals surface area contributed by atoms with Gasteiger partial charge in [-0.3, -0.25) is 4.79 Å². The van der Waals surface area contributed by atoms with Gasteiger partial charge in [-0.1, -0.05) is 35.9 Å². The molecule has 1 aliphatic rings. The summed E-state index contributed by atoms with van der Waals surface area (Å²) < 4.78 is 15.2. The number of rotatable bonds is 4. The number of anilines is 1. The number of halogens is 2. The Morgan fingerprint density at radius 3 is 2.29 bits per heavy atom. The molecule has 0 aliphatic carbocycles. The summed E-state index contributed by atoms with van der Waals surface area (Å²) in [7, 11) is 0. The molecule has 0 saturated carbocycles. The SMILES string of the molecule is Cc1ccc(-c2cc(C(=O)N3CCN(c4ccccc4Cl)CC3)n(-c3ccc(F)cc3)n2)cc1C. The number of aryl methyl sites for hydroxylation is 2. The molecule has 4 aromatic rings. The van der Waals surface area contributed by atoms with Crippen LogP contribution in [0.5, 0.6) is 0 Å². The number of aromatic nitrogens is 2. The van der Waals surface area contributed by atoms with Gasteiger partial charge in [0.2, 0.25) is 0 Å². The van der Waals surface area contributed by atoms with Crippen LogP contribution in [-0.4, -0.2) is 46.8 Å². The molecule has 0 atom stereocenters. The van der Waals surface area contributed by atoms with Crippen LogP contribution in [0.4, 0.5) is 10.1 Å². The van der Waals surface area contributed by atoms with Gasteiger partial charge in [-0.2, -0.15) is 5.10 Å². The minimum Gasteiger partial charge on any atom is -0.367 e. The molecule has 5 nitrogen and oxygen atoms in total. The van der Waals surface area contributed by atoms with E-state index in [1.54, 1.807) is 16.8 Å². The minimum absolute atomic E-state index is 0.101. The van der Waals surface area contributed by atoms with Crippen molar-refractivity contribution in [2.45, 2.75) is 13.8 Å². The molecule has 0 spiro atoms. The molecule has 7 heteroatoms. The lowest BCUT2D eigenvalue weighted by atomic mass is 10.0. The van der Waals surface area contributed by atoms with E-state index in [0.29, 0.717) is 48.3 Å². The highest BCUT2D eigenvalue weighted by atomic mass is 35.5. The highest BCUT2D eigenvalue weighted by molar-refractivity contribution is 6.33. The fourth-order valence-electron chi connectivity index (χ4n) is 4.38. The van der Waals surface area contributed by atoms with Crippen molar-refractivity contribution in [2.24, 2.45) is 0 Å². The summed E-state index contributed by atoms with van der Waals surface area (Å²) in [4.78, 5) is 17.7. The summed E-state index contributed by atoms with van der Waals surface area (Å²) in [5.74, 6) is -0.436. The van der Waals surface area contributed by atoms with E-state index in [4.69, 9.17) is 16.7 Å². The minimum atomic E-state index is -0.334. The number of hydrogen-bond acceptors (Lipinski definition) is 3. The predicted octanol–water partition coefficient (Wildman–Crippen LogP) is 5.91. The molecule has 1 saturated heterocycles. The zero-order chi connectivity index (χ0) is 24.5. The fourth-order valence-corrected chi connectivity index (χ4v) is 4.63. The van der Waals surface area contributed by atoms with Crippen molar-refractivity contribution >= 4 is 23.2 Å². The zero-order valence-electron chi connectivity index (χ0n) is 19.7. The second kappa shape index (κ2) is 9.55. The molecule has 1 aromatic heterocycles. The monoisotopic (exact) mass is 488 g/mol. The van der Waals surface area contributed by atoms with E-state index in [2.05, 4.69) is 30.9 Å². The van der Waals surface area contributed by atoms with Crippen LogP contribution in [0, 0.1) is 19.7 Å². The predicted molar refractivity (Wildman–Crippen MR) is 138 cm³/mol. The van der Waals surface area contributed by atoms with Crippen molar-refractivity contribution in [1.29, 1.82) is 0 Å². The summed E-state index contributed by atoms with van der Waals surface area (Å²) in [6, 6.07) is 21.8. The summed E-state index contributed by atoms with van der Waals surface area (Å²) in [5, 5.41) is 5.47. The van der Waals surface area contributed by atoms with Crippen LogP contribution in [0.1, 0.15) is 21.6 Å². The van der Waals surface area contributed by atoms with E-state index >= 15 is 0 Å². The average Bonchev–Trinajstić information content (AvgIpc) is 3.32. The number of benzene rings is 3. The van der Waals surface area contributed by atoms with Crippen LogP contribution < -0.4 is 4.90 Å². The number of carbonyl (C=O) groups is 1. The van der Waals surface area contributed by atoms with Gasteiger partial charge in [-0.05, 0) is 73.5 Å². The van der Waals surface area contributed by atoms with Gasteiger partial charge in [0.05, 0.1) is 22.1 Å². The first-order chi connectivity index (χ1) is 16.9. The van der Waals surface area contributed by atoms with Gasteiger partial charge in [0.25, 0.3) is 5.91 Å². The Kier molecular flexibility index (Phi) is 6.31. The highest BCUT2D eigenvalue weighted by Crippen LogP contribution is 2.28. The van der Waals surface area contributed by atoms with Gasteiger partial charge in [0, 0.05) is 31.7 Å². The Morgan fingerprint density at radius 2 is 1.60 bits per heavy atom. The van der Waals surface area contributed by atoms with Crippen LogP contribution in [0.2, 0.25) is 5.02 Å². The van der Waals surface area contributed by atoms with Crippen LogP contribution in [0.25, 0.3) is 16.9 Å². The van der Waals surface area contributed by atoms with E-state index < -0.39 is 0 Å². The summed E-state index contributed by atoms with van der Waals surface area (Å²) in [5.41, 5.74) is 6.06. The van der Waals surface area contributed by atoms with Gasteiger partial charge in [-0.25, -0.2) is 9.07 Å². The molecular weight excluding hydrogens is 463 g/mol. The average molecular weight is 489 g/mol. The molecule has 1 amide bonds. The maximum Gasteiger partial charge on any atom is 0.272 e. The third-order valence-electron chi connectivity index (χ3n) is 6.56. The summed E-state index contributed by atoms with van der Waals surface area (Å²) in [6.07, 6.45) is 0. The summed E-state index contributed by atoms with van der Waals surface area (Å²) >= 11 is 6.37. The smallest absolute Gasteiger partial charge is 0.272 e. The van der Waals surface area contributed by atoms with Gasteiger partial charge >= 0.3 is 0 Å². The Balaban J connectivity index is 1.45. The van der Waals surface area contributed by atoms with Crippen molar-refractivity contribution in [3.8, 4) is 16.9 Å². The molecule has 5 rings (SSSR count). The van der Waals surface area contributed by atoms with Gasteiger partial charge in [-0.15, -0.1) is 0 Å². The Bertz CT molecular complexity index is 1370. The molecular formula is C28H26ClFN4O. The quantitative estimate of drug-likeness (QED) is 0.358. The van der Waals surface area contributed by atoms with Gasteiger partial charge < -0.3 is 9.80 Å². The largest absolute Gasteiger partial charge is 0.367 e. The molecule has 2 heterocycles. The van der Waals surface area contributed by atoms with E-state index in [1.807, 2.05) is 41.3 Å². The molecule has 1 aliphatic heterocycles. The second-order valence-electron chi connectivity index (χ2n) is 8.83. The van der Waals surface area contributed by atoms with Crippen LogP contribution in [0.15, 0.2) is 72.8 Å². The van der Waals surface area contributed by atoms with Crippen molar-refractivity contribution in [1.82, 2.24) is 14.7 Å². The van der Waals surface area contributed by atoms with Crippen molar-refractivity contribution in [3.63, 3.8) is 0 Å². The third-order valence-corrected chi connectivity index (χ3v) is 6.88. The molecule has 178 valence electrons. The summed E-state index contributed by atoms with van der Waals surface area (Å²) in [6.45, 7) is 6.62. The zero-order valence-corrected chi connectivity index (χ0v) is 20.5. The van der Waals surface area contributed by atoms with Crippen LogP contribution >= 0.6 is 11.6 Å². The lowest BCUT2D eigenvalue weighted by Crippen LogP contribution is -2.49. The van der Waals surface area contributed by atoms with Crippen molar-refractivity contribution < 1.29 is 9.18 Å². The fraction of sp³-hybridized carbons (Fsp3) is 0.214. The Hall–Kier alpha value is -3.64. The maximum atomic E-state index is 13.7. The first-order valence-electron chi connectivity index (χ1n) is 11.6. The molecule has 3 aromatic carbocycles. The van der Waals surface area contributed by atoms with Gasteiger partial charge in [0.15, 0.2) is 0 Å². The number of para-hydroxylation sites is 1. The standard InChI is InChI=1S/C28H26ClFN4O/c1-19-7-8-21(17-20(19)2)25-18-27(34(31-25)23-11-9-22(30)10-12-23)28(35)33-15-13-32(14-16-33)26-6-4-3-5-24(26)29/h3-12,17-18H,13-16H2,1-2H3. The Morgan fingerprint density at radius 1 is 0.886 bits per heavy atom. The molecule has 35 heavy (non-hydrogen) atoms. The first kappa shape index (κ1) is 23.1. The van der Waals surface area contributed by atoms with E-state index in [0.717, 1.165) is 16.8 Å². The maximum absolute atomic E-state index is 13.7. The molecule has 1 fully saturated rings. The van der Waals surface area contributed by atoms with Gasteiger partial charge in [0.1, 0.15) is 11.5 Å². The van der Waals surface area contributed by atoms with Crippen molar-refractivity contribution in [3.05, 3.63) is 100 Å². The molecule has 0 unspecified atom stereocenters. The highest BCUT2D eigenvalue weighted by Gasteiger charge is 2.27. The van der Waals surface area contributed by atoms with E-state index in [9.17, 15) is 9.18 Å². The second-order valence-corrected chi connectivity index (χ2v) is 9.24. The first-order valence-corrected chi connectivity index (χ1v) is 12.0. The van der Waals surface area contributed by atoms with E-state index in [1.165, 1.54) is 17.7 Å². The lowest BCUT2D eigenvalue weighted by molar-refractivity contribution is 0.0737. The third kappa shape index (κ3) is 4.66. The van der Waals surface area contributed by atoms with Crippen LogP contribution in [0.3, 0.4) is 0 Å². The molecule has 0 N–H and O–H groups in total. The van der Waals surface area contributed by atoms with E-state index in [-0.39, 0.29) is 11.7 Å². The molecule has 0 radical (unpaired) electrons. The number of hydrogen-bond donors (Lipinski definition) is 0. The number of piperazine rings is 1. The molecule has 0 bridgehead atoms. The van der Waals surface area contributed by atoms with Crippen molar-refractivity contribution in [2.75, 3.05) is 31.1 Å². The number of amides is 1. The number of nitrogens with zero attached hydrogens (tertiary/aromatic N) is 4. The Labute approximate surface area is 209 Å².